The van der Waals surface area contributed by atoms with Crippen molar-refractivity contribution in [3.05, 3.63) is 119 Å². The topological polar surface area (TPSA) is 124 Å². The summed E-state index contributed by atoms with van der Waals surface area (Å²) in [6.07, 6.45) is 4.60. The van der Waals surface area contributed by atoms with Crippen molar-refractivity contribution in [2.45, 2.75) is 71.0 Å². The average Bonchev–Trinajstić information content (AvgIpc) is 3.73. The summed E-state index contributed by atoms with van der Waals surface area (Å²) in [5.41, 5.74) is 5.61. The third-order valence-corrected chi connectivity index (χ3v) is 10.4. The van der Waals surface area contributed by atoms with Crippen molar-refractivity contribution in [3.63, 3.8) is 0 Å². The molecular formula is C45H51F2N7O3. The van der Waals surface area contributed by atoms with Crippen LogP contribution in [0.15, 0.2) is 96.1 Å². The van der Waals surface area contributed by atoms with Gasteiger partial charge < -0.3 is 30.6 Å². The highest BCUT2D eigenvalue weighted by atomic mass is 19.3. The number of aliphatic imine (C=N–C) groups is 1. The van der Waals surface area contributed by atoms with Crippen LogP contribution in [0, 0.1) is 0 Å². The highest BCUT2D eigenvalue weighted by molar-refractivity contribution is 5.88. The Hall–Kier alpha value is -5.88. The van der Waals surface area contributed by atoms with Crippen LogP contribution in [0.4, 0.5) is 13.6 Å². The Kier molecular flexibility index (Phi) is 13.1. The van der Waals surface area contributed by atoms with Crippen molar-refractivity contribution in [2.24, 2.45) is 4.99 Å². The van der Waals surface area contributed by atoms with E-state index in [4.69, 9.17) is 9.72 Å². The van der Waals surface area contributed by atoms with Gasteiger partial charge in [-0.15, -0.1) is 0 Å². The number of H-pyrrole nitrogens is 1. The van der Waals surface area contributed by atoms with Gasteiger partial charge in [-0.3, -0.25) is 9.79 Å². The van der Waals surface area contributed by atoms with Crippen LogP contribution in [0.3, 0.4) is 0 Å². The van der Waals surface area contributed by atoms with E-state index in [9.17, 15) is 9.59 Å². The molecule has 2 heterocycles. The molecule has 4 aromatic carbocycles. The first-order chi connectivity index (χ1) is 27.7. The fraction of sp³-hybridized carbons (Fsp3) is 0.333. The molecule has 2 amide bonds. The van der Waals surface area contributed by atoms with Crippen molar-refractivity contribution in [1.29, 1.82) is 0 Å². The molecule has 0 saturated carbocycles. The molecule has 12 heteroatoms. The summed E-state index contributed by atoms with van der Waals surface area (Å²) in [5, 5.41) is 9.38. The summed E-state index contributed by atoms with van der Waals surface area (Å²) in [5.74, 6) is -2.93. The molecule has 1 saturated heterocycles. The third kappa shape index (κ3) is 8.91. The maximum Gasteiger partial charge on any atom is 0.407 e. The standard InChI is InChI=1S/C43H45F2N7O3.C2H6/c1-4-5-9-20-52(41(53)40(51-42(54)55-3)27-10-7-6-8-11-27)26-39-49-36-17-14-29(23-37(36)50-39)28-12-15-32-33-16-13-30(22-35(33)43(44,45)34(32)21-28)38(25-46-2)48-24-31-18-19-47-31;1-2/h6-8,10-17,21-23,25,31,40,47-48H,2,4-5,9,18-20,24,26H2,1,3H3,(H,49,50)(H,51,54);1-2H3/b38-25-;. The Labute approximate surface area is 332 Å². The van der Waals surface area contributed by atoms with Gasteiger partial charge in [-0.05, 0) is 83.8 Å². The van der Waals surface area contributed by atoms with E-state index < -0.39 is 18.1 Å². The number of imidazole rings is 1. The molecule has 1 aliphatic heterocycles. The first-order valence-corrected chi connectivity index (χ1v) is 19.7. The van der Waals surface area contributed by atoms with Gasteiger partial charge in [0.15, 0.2) is 0 Å². The predicted octanol–water partition coefficient (Wildman–Crippen LogP) is 8.94. The Balaban J connectivity index is 0.00000270. The molecule has 0 spiro atoms. The molecule has 4 N–H and O–H groups in total. The molecule has 298 valence electrons. The number of nitrogens with zero attached hydrogens (tertiary/aromatic N) is 3. The number of methoxy groups -OCH3 is 1. The normalized spacial score (nSPS) is 15.6. The quantitative estimate of drug-likeness (QED) is 0.0622. The van der Waals surface area contributed by atoms with Gasteiger partial charge in [-0.25, -0.2) is 9.78 Å². The van der Waals surface area contributed by atoms with E-state index in [1.807, 2.05) is 62.4 Å². The first kappa shape index (κ1) is 40.8. The van der Waals surface area contributed by atoms with Crippen molar-refractivity contribution in [1.82, 2.24) is 30.8 Å². The number of alkyl carbamates (subject to hydrolysis) is 1. The molecular weight excluding hydrogens is 725 g/mol. The summed E-state index contributed by atoms with van der Waals surface area (Å²) in [6, 6.07) is 24.4. The Morgan fingerprint density at radius 3 is 2.40 bits per heavy atom. The number of unbranched alkanes of at least 4 members (excludes halogenated alkanes) is 2. The van der Waals surface area contributed by atoms with Crippen molar-refractivity contribution in [2.75, 3.05) is 26.7 Å². The van der Waals surface area contributed by atoms with Crippen LogP contribution >= 0.6 is 0 Å². The lowest BCUT2D eigenvalue weighted by Gasteiger charge is -2.28. The summed E-state index contributed by atoms with van der Waals surface area (Å²) >= 11 is 0. The maximum atomic E-state index is 16.3. The lowest BCUT2D eigenvalue weighted by molar-refractivity contribution is -0.134. The van der Waals surface area contributed by atoms with E-state index in [-0.39, 0.29) is 23.6 Å². The number of alkyl halides is 2. The molecule has 1 aliphatic carbocycles. The number of aromatic nitrogens is 2. The molecule has 5 aromatic rings. The predicted molar refractivity (Wildman–Crippen MR) is 223 cm³/mol. The summed E-state index contributed by atoms with van der Waals surface area (Å²) in [7, 11) is 1.26. The number of halogens is 2. The molecule has 2 aliphatic rings. The lowest BCUT2D eigenvalue weighted by Crippen LogP contribution is -2.48. The molecule has 0 radical (unpaired) electrons. The maximum absolute atomic E-state index is 16.3. The van der Waals surface area contributed by atoms with Crippen LogP contribution in [0.2, 0.25) is 0 Å². The van der Waals surface area contributed by atoms with Crippen molar-refractivity contribution in [3.8, 4) is 22.3 Å². The fourth-order valence-electron chi connectivity index (χ4n) is 7.25. The van der Waals surface area contributed by atoms with Gasteiger partial charge in [-0.1, -0.05) is 94.3 Å². The van der Waals surface area contributed by atoms with Crippen molar-refractivity contribution < 1.29 is 23.1 Å². The van der Waals surface area contributed by atoms with Gasteiger partial charge in [0.1, 0.15) is 11.9 Å². The SMILES string of the molecule is C=N/C=C(\NCC1CCN1)c1ccc2c(c1)C(F)(F)c1cc(-c3ccc4nc(CN(CCCCC)C(=O)C(NC(=O)OC)c5ccccc5)[nH]c4c3)ccc1-2.CC. The highest BCUT2D eigenvalue weighted by Gasteiger charge is 2.44. The third-order valence-electron chi connectivity index (χ3n) is 10.4. The minimum absolute atomic E-state index is 0.0429. The van der Waals surface area contributed by atoms with Crippen molar-refractivity contribution >= 4 is 35.4 Å². The van der Waals surface area contributed by atoms with E-state index in [2.05, 4.69) is 39.6 Å². The minimum Gasteiger partial charge on any atom is -0.453 e. The number of nitrogens with one attached hydrogen (secondary N) is 4. The molecule has 2 atom stereocenters. The van der Waals surface area contributed by atoms with Gasteiger partial charge in [-0.2, -0.15) is 8.78 Å². The fourth-order valence-corrected chi connectivity index (χ4v) is 7.25. The zero-order chi connectivity index (χ0) is 40.5. The largest absolute Gasteiger partial charge is 0.453 e. The Morgan fingerprint density at radius 1 is 1.02 bits per heavy atom. The zero-order valence-electron chi connectivity index (χ0n) is 33.0. The summed E-state index contributed by atoms with van der Waals surface area (Å²) in [6.45, 7) is 11.9. The lowest BCUT2D eigenvalue weighted by atomic mass is 9.98. The number of amides is 2. The molecule has 57 heavy (non-hydrogen) atoms. The molecule has 1 aromatic heterocycles. The number of carbonyl (C=O) groups excluding carboxylic acids is 2. The van der Waals surface area contributed by atoms with Gasteiger partial charge >= 0.3 is 6.09 Å². The second-order valence-corrected chi connectivity index (χ2v) is 14.0. The number of hydrogen-bond acceptors (Lipinski definition) is 7. The van der Waals surface area contributed by atoms with Crippen LogP contribution in [-0.4, -0.2) is 66.4 Å². The molecule has 7 rings (SSSR count). The van der Waals surface area contributed by atoms with E-state index in [1.165, 1.54) is 7.11 Å². The number of benzene rings is 4. The number of carbonyl (C=O) groups is 2. The first-order valence-electron chi connectivity index (χ1n) is 19.7. The zero-order valence-corrected chi connectivity index (χ0v) is 33.0. The van der Waals surface area contributed by atoms with E-state index in [1.54, 1.807) is 47.5 Å². The Bertz CT molecular complexity index is 2230. The second kappa shape index (κ2) is 18.4. The average molecular weight is 776 g/mol. The highest BCUT2D eigenvalue weighted by Crippen LogP contribution is 2.52. The van der Waals surface area contributed by atoms with E-state index >= 15 is 8.78 Å². The number of fused-ring (bicyclic) bond motifs is 4. The Morgan fingerprint density at radius 2 is 1.72 bits per heavy atom. The van der Waals surface area contributed by atoms with Crippen LogP contribution < -0.4 is 16.0 Å². The summed E-state index contributed by atoms with van der Waals surface area (Å²) < 4.78 is 37.4. The molecule has 1 fully saturated rings. The molecule has 0 bridgehead atoms. The number of hydrogen-bond donors (Lipinski definition) is 4. The van der Waals surface area contributed by atoms with Gasteiger partial charge in [0.2, 0.25) is 5.91 Å². The van der Waals surface area contributed by atoms with Crippen LogP contribution in [0.25, 0.3) is 39.0 Å². The van der Waals surface area contributed by atoms with Gasteiger partial charge in [0.05, 0.1) is 30.4 Å². The van der Waals surface area contributed by atoms with E-state index in [0.29, 0.717) is 69.5 Å². The van der Waals surface area contributed by atoms with E-state index in [0.717, 1.165) is 37.8 Å². The van der Waals surface area contributed by atoms with Crippen LogP contribution in [0.5, 0.6) is 0 Å². The molecule has 10 nitrogen and oxygen atoms in total. The molecule has 2 unspecified atom stereocenters. The second-order valence-electron chi connectivity index (χ2n) is 14.0. The van der Waals surface area contributed by atoms with Crippen LogP contribution in [0.1, 0.15) is 80.6 Å². The number of aromatic amines is 1. The number of ether oxygens (including phenoxy) is 1. The van der Waals surface area contributed by atoms with Gasteiger partial charge in [0, 0.05) is 36.5 Å². The summed E-state index contributed by atoms with van der Waals surface area (Å²) in [4.78, 5) is 40.1. The monoisotopic (exact) mass is 775 g/mol. The van der Waals surface area contributed by atoms with Gasteiger partial charge in [0.25, 0.3) is 5.92 Å². The number of rotatable bonds is 15. The smallest absolute Gasteiger partial charge is 0.407 e. The minimum atomic E-state index is -3.21. The van der Waals surface area contributed by atoms with Crippen LogP contribution in [-0.2, 0) is 22.0 Å².